The van der Waals surface area contributed by atoms with Gasteiger partial charge in [-0.05, 0) is 25.8 Å². The highest BCUT2D eigenvalue weighted by atomic mass is 32.2. The third kappa shape index (κ3) is 2.17. The van der Waals surface area contributed by atoms with Crippen molar-refractivity contribution in [3.63, 3.8) is 0 Å². The zero-order valence-electron chi connectivity index (χ0n) is 10.6. The summed E-state index contributed by atoms with van der Waals surface area (Å²) in [5.74, 6) is 3.42. The van der Waals surface area contributed by atoms with E-state index in [-0.39, 0.29) is 11.6 Å². The molecule has 18 heavy (non-hydrogen) atoms. The Hall–Kier alpha value is -0.590. The number of nitrogens with zero attached hydrogens (tertiary/aromatic N) is 2. The van der Waals surface area contributed by atoms with Crippen LogP contribution in [0.15, 0.2) is 4.52 Å². The number of ether oxygens (including phenoxy) is 1. The van der Waals surface area contributed by atoms with Gasteiger partial charge in [-0.25, -0.2) is 0 Å². The van der Waals surface area contributed by atoms with Crippen molar-refractivity contribution >= 4 is 11.8 Å². The number of nitrogens with one attached hydrogen (secondary N) is 1. The fourth-order valence-corrected chi connectivity index (χ4v) is 3.48. The van der Waals surface area contributed by atoms with E-state index in [1.54, 1.807) is 0 Å². The highest BCUT2D eigenvalue weighted by molar-refractivity contribution is 7.99. The van der Waals surface area contributed by atoms with E-state index in [1.165, 1.54) is 6.42 Å². The van der Waals surface area contributed by atoms with E-state index in [0.29, 0.717) is 5.82 Å². The summed E-state index contributed by atoms with van der Waals surface area (Å²) < 4.78 is 11.2. The molecule has 2 aliphatic rings. The normalized spacial score (nSPS) is 32.8. The standard InChI is InChI=1S/C12H19N3O2S/c1-2-12(4-3-5-13-12)11-14-10(15-17-11)9-8-18-7-6-16-9/h9,13H,2-8H2,1H3. The quantitative estimate of drug-likeness (QED) is 0.904. The van der Waals surface area contributed by atoms with Crippen LogP contribution in [0.5, 0.6) is 0 Å². The number of hydrogen-bond donors (Lipinski definition) is 1. The molecule has 2 aliphatic heterocycles. The van der Waals surface area contributed by atoms with Crippen LogP contribution in [0.2, 0.25) is 0 Å². The molecule has 3 heterocycles. The maximum Gasteiger partial charge on any atom is 0.247 e. The van der Waals surface area contributed by atoms with E-state index in [1.807, 2.05) is 11.8 Å². The molecule has 100 valence electrons. The van der Waals surface area contributed by atoms with Gasteiger partial charge in [-0.15, -0.1) is 0 Å². The van der Waals surface area contributed by atoms with E-state index in [4.69, 9.17) is 9.26 Å². The van der Waals surface area contributed by atoms with Gasteiger partial charge in [0.15, 0.2) is 0 Å². The van der Waals surface area contributed by atoms with Gasteiger partial charge in [0, 0.05) is 11.5 Å². The van der Waals surface area contributed by atoms with Crippen molar-refractivity contribution in [3.8, 4) is 0 Å². The molecule has 3 rings (SSSR count). The van der Waals surface area contributed by atoms with Gasteiger partial charge in [0.05, 0.1) is 12.1 Å². The minimum absolute atomic E-state index is 0.00319. The maximum atomic E-state index is 5.68. The summed E-state index contributed by atoms with van der Waals surface area (Å²) in [6.45, 7) is 3.97. The second-order valence-corrected chi connectivity index (χ2v) is 6.01. The molecular formula is C12H19N3O2S. The summed E-state index contributed by atoms with van der Waals surface area (Å²) in [5, 5.41) is 7.62. The summed E-state index contributed by atoms with van der Waals surface area (Å²) in [6.07, 6.45) is 3.22. The molecule has 5 nitrogen and oxygen atoms in total. The van der Waals surface area contributed by atoms with Crippen LogP contribution < -0.4 is 5.32 Å². The molecule has 0 aliphatic carbocycles. The Labute approximate surface area is 111 Å². The summed E-state index contributed by atoms with van der Waals surface area (Å²) in [6, 6.07) is 0. The van der Waals surface area contributed by atoms with E-state index in [2.05, 4.69) is 22.4 Å². The smallest absolute Gasteiger partial charge is 0.247 e. The molecule has 6 heteroatoms. The average molecular weight is 269 g/mol. The van der Waals surface area contributed by atoms with Gasteiger partial charge in [0.1, 0.15) is 6.10 Å². The summed E-state index contributed by atoms with van der Waals surface area (Å²) in [4.78, 5) is 4.58. The van der Waals surface area contributed by atoms with Gasteiger partial charge in [0.2, 0.25) is 11.7 Å². The van der Waals surface area contributed by atoms with Crippen LogP contribution in [0.25, 0.3) is 0 Å². The summed E-state index contributed by atoms with van der Waals surface area (Å²) in [5.41, 5.74) is -0.104. The lowest BCUT2D eigenvalue weighted by molar-refractivity contribution is 0.0677. The Morgan fingerprint density at radius 2 is 2.50 bits per heavy atom. The average Bonchev–Trinajstić information content (AvgIpc) is 3.09. The Bertz CT molecular complexity index is 398. The molecule has 1 aromatic heterocycles. The Balaban J connectivity index is 1.79. The Morgan fingerprint density at radius 3 is 3.17 bits per heavy atom. The Kier molecular flexibility index (Phi) is 3.59. The van der Waals surface area contributed by atoms with Crippen LogP contribution >= 0.6 is 11.8 Å². The SMILES string of the molecule is CCC1(c2nc(C3CSCCO3)no2)CCCN1. The van der Waals surface area contributed by atoms with Crippen LogP contribution in [-0.4, -0.2) is 34.8 Å². The van der Waals surface area contributed by atoms with Gasteiger partial charge in [-0.1, -0.05) is 12.1 Å². The van der Waals surface area contributed by atoms with Crippen molar-refractivity contribution in [1.82, 2.24) is 15.5 Å². The Morgan fingerprint density at radius 1 is 1.56 bits per heavy atom. The van der Waals surface area contributed by atoms with Crippen LogP contribution in [0.1, 0.15) is 44.0 Å². The molecular weight excluding hydrogens is 250 g/mol. The van der Waals surface area contributed by atoms with Gasteiger partial charge in [-0.3, -0.25) is 0 Å². The molecule has 2 unspecified atom stereocenters. The topological polar surface area (TPSA) is 60.2 Å². The van der Waals surface area contributed by atoms with Gasteiger partial charge in [-0.2, -0.15) is 16.7 Å². The van der Waals surface area contributed by atoms with Crippen molar-refractivity contribution in [1.29, 1.82) is 0 Å². The fourth-order valence-electron chi connectivity index (χ4n) is 2.64. The van der Waals surface area contributed by atoms with Crippen molar-refractivity contribution in [3.05, 3.63) is 11.7 Å². The number of aromatic nitrogens is 2. The molecule has 0 aromatic carbocycles. The minimum Gasteiger partial charge on any atom is -0.368 e. The van der Waals surface area contributed by atoms with Gasteiger partial charge >= 0.3 is 0 Å². The molecule has 0 spiro atoms. The van der Waals surface area contributed by atoms with Crippen molar-refractivity contribution in [2.24, 2.45) is 0 Å². The molecule has 2 saturated heterocycles. The van der Waals surface area contributed by atoms with Gasteiger partial charge < -0.3 is 14.6 Å². The first-order valence-electron chi connectivity index (χ1n) is 6.62. The molecule has 1 aromatic rings. The van der Waals surface area contributed by atoms with E-state index < -0.39 is 0 Å². The highest BCUT2D eigenvalue weighted by Crippen LogP contribution is 2.34. The number of rotatable bonds is 3. The molecule has 0 saturated carbocycles. The second-order valence-electron chi connectivity index (χ2n) is 4.86. The van der Waals surface area contributed by atoms with E-state index in [9.17, 15) is 0 Å². The first-order valence-corrected chi connectivity index (χ1v) is 7.78. The number of thioether (sulfide) groups is 1. The summed E-state index contributed by atoms with van der Waals surface area (Å²) >= 11 is 1.88. The lowest BCUT2D eigenvalue weighted by atomic mass is 9.94. The molecule has 0 bridgehead atoms. The van der Waals surface area contributed by atoms with Crippen LogP contribution in [-0.2, 0) is 10.3 Å². The van der Waals surface area contributed by atoms with Crippen molar-refractivity contribution in [2.45, 2.75) is 37.8 Å². The first-order chi connectivity index (χ1) is 8.84. The highest BCUT2D eigenvalue weighted by Gasteiger charge is 2.39. The summed E-state index contributed by atoms with van der Waals surface area (Å²) in [7, 11) is 0. The minimum atomic E-state index is -0.104. The van der Waals surface area contributed by atoms with E-state index >= 15 is 0 Å². The molecule has 2 atom stereocenters. The first kappa shape index (κ1) is 12.4. The third-order valence-electron chi connectivity index (χ3n) is 3.80. The monoisotopic (exact) mass is 269 g/mol. The number of hydrogen-bond acceptors (Lipinski definition) is 6. The van der Waals surface area contributed by atoms with Crippen LogP contribution in [0.4, 0.5) is 0 Å². The second kappa shape index (κ2) is 5.19. The predicted molar refractivity (Wildman–Crippen MR) is 69.5 cm³/mol. The van der Waals surface area contributed by atoms with Crippen LogP contribution in [0, 0.1) is 0 Å². The molecule has 0 amide bonds. The van der Waals surface area contributed by atoms with Crippen molar-refractivity contribution in [2.75, 3.05) is 24.7 Å². The lowest BCUT2D eigenvalue weighted by Gasteiger charge is -2.23. The zero-order valence-corrected chi connectivity index (χ0v) is 11.5. The third-order valence-corrected chi connectivity index (χ3v) is 4.80. The largest absolute Gasteiger partial charge is 0.368 e. The zero-order chi connectivity index (χ0) is 12.4. The predicted octanol–water partition coefficient (Wildman–Crippen LogP) is 1.86. The molecule has 0 radical (unpaired) electrons. The van der Waals surface area contributed by atoms with Gasteiger partial charge in [0.25, 0.3) is 0 Å². The van der Waals surface area contributed by atoms with E-state index in [0.717, 1.165) is 43.4 Å². The fraction of sp³-hybridized carbons (Fsp3) is 0.833. The maximum absolute atomic E-state index is 5.68. The molecule has 1 N–H and O–H groups in total. The lowest BCUT2D eigenvalue weighted by Crippen LogP contribution is -2.36. The van der Waals surface area contributed by atoms with Crippen molar-refractivity contribution < 1.29 is 9.26 Å². The van der Waals surface area contributed by atoms with Crippen LogP contribution in [0.3, 0.4) is 0 Å². The molecule has 2 fully saturated rings.